The Bertz CT molecular complexity index is 676. The molecule has 0 saturated heterocycles. The quantitative estimate of drug-likeness (QED) is 0.821. The molecule has 22 heavy (non-hydrogen) atoms. The average Bonchev–Trinajstić information content (AvgIpc) is 2.91. The van der Waals surface area contributed by atoms with E-state index < -0.39 is 5.91 Å². The van der Waals surface area contributed by atoms with Gasteiger partial charge in [0.2, 0.25) is 5.82 Å². The lowest BCUT2D eigenvalue weighted by molar-refractivity contribution is 0.0961. The predicted octanol–water partition coefficient (Wildman–Crippen LogP) is 0.737. The molecule has 0 aliphatic rings. The average molecular weight is 301 g/mol. The fourth-order valence-corrected chi connectivity index (χ4v) is 2.09. The Kier molecular flexibility index (Phi) is 4.88. The van der Waals surface area contributed by atoms with Crippen molar-refractivity contribution in [1.82, 2.24) is 20.1 Å². The van der Waals surface area contributed by atoms with E-state index in [1.165, 1.54) is 0 Å². The molecule has 0 spiro atoms. The lowest BCUT2D eigenvalue weighted by Crippen LogP contribution is -2.17. The van der Waals surface area contributed by atoms with Crippen LogP contribution in [0.3, 0.4) is 0 Å². The molecule has 7 heteroatoms. The number of nitrogens with one attached hydrogen (secondary N) is 1. The Morgan fingerprint density at radius 2 is 1.95 bits per heavy atom. The highest BCUT2D eigenvalue weighted by molar-refractivity contribution is 5.93. The minimum Gasteiger partial charge on any atom is -0.363 e. The van der Waals surface area contributed by atoms with Crippen LogP contribution in [0.25, 0.3) is 0 Å². The second kappa shape index (κ2) is 6.84. The summed E-state index contributed by atoms with van der Waals surface area (Å²) < 4.78 is 1.68. The fraction of sp³-hybridized carbons (Fsp3) is 0.333. The molecular formula is C15H19N5O2. The van der Waals surface area contributed by atoms with Gasteiger partial charge in [-0.15, -0.1) is 5.10 Å². The molecule has 7 nitrogen and oxygen atoms in total. The monoisotopic (exact) mass is 301 g/mol. The van der Waals surface area contributed by atoms with E-state index in [0.29, 0.717) is 12.1 Å². The molecule has 1 heterocycles. The third-order valence-electron chi connectivity index (χ3n) is 3.22. The Labute approximate surface area is 128 Å². The molecule has 1 aromatic heterocycles. The third kappa shape index (κ3) is 3.49. The van der Waals surface area contributed by atoms with E-state index in [1.807, 2.05) is 19.1 Å². The lowest BCUT2D eigenvalue weighted by Gasteiger charge is -2.06. The van der Waals surface area contributed by atoms with Crippen LogP contribution in [0.1, 0.15) is 45.7 Å². The van der Waals surface area contributed by atoms with E-state index in [0.717, 1.165) is 24.2 Å². The summed E-state index contributed by atoms with van der Waals surface area (Å²) in [4.78, 5) is 26.9. The number of nitrogens with zero attached hydrogens (tertiary/aromatic N) is 3. The smallest absolute Gasteiger partial charge is 0.288 e. The molecule has 0 bridgehead atoms. The van der Waals surface area contributed by atoms with Gasteiger partial charge in [-0.05, 0) is 24.1 Å². The van der Waals surface area contributed by atoms with Crippen LogP contribution in [0.4, 0.5) is 0 Å². The van der Waals surface area contributed by atoms with Crippen LogP contribution in [-0.4, -0.2) is 33.6 Å². The highest BCUT2D eigenvalue weighted by atomic mass is 16.2. The number of rotatable bonds is 6. The second-order valence-corrected chi connectivity index (χ2v) is 4.90. The maximum atomic E-state index is 11.5. The number of hydrogen-bond acceptors (Lipinski definition) is 4. The zero-order chi connectivity index (χ0) is 16.1. The van der Waals surface area contributed by atoms with Crippen molar-refractivity contribution in [1.29, 1.82) is 0 Å². The molecule has 3 N–H and O–H groups in total. The molecule has 0 radical (unpaired) electrons. The van der Waals surface area contributed by atoms with E-state index in [9.17, 15) is 9.59 Å². The van der Waals surface area contributed by atoms with E-state index in [-0.39, 0.29) is 11.7 Å². The minimum atomic E-state index is -0.633. The molecule has 0 fully saturated rings. The van der Waals surface area contributed by atoms with Gasteiger partial charge in [-0.1, -0.05) is 19.1 Å². The van der Waals surface area contributed by atoms with Gasteiger partial charge in [-0.3, -0.25) is 9.59 Å². The summed E-state index contributed by atoms with van der Waals surface area (Å²) in [7, 11) is 1.59. The Morgan fingerprint density at radius 3 is 2.50 bits per heavy atom. The molecule has 0 saturated carbocycles. The molecule has 0 aliphatic carbocycles. The number of aryl methyl sites for hydroxylation is 1. The topological polar surface area (TPSA) is 103 Å². The van der Waals surface area contributed by atoms with Gasteiger partial charge < -0.3 is 11.1 Å². The van der Waals surface area contributed by atoms with Gasteiger partial charge in [0.25, 0.3) is 11.8 Å². The third-order valence-corrected chi connectivity index (χ3v) is 3.22. The van der Waals surface area contributed by atoms with E-state index in [1.54, 1.807) is 23.9 Å². The SMILES string of the molecule is CCCc1nc(C(N)=O)nn1Cc1ccc(C(=O)NC)cc1. The van der Waals surface area contributed by atoms with Gasteiger partial charge in [0.1, 0.15) is 5.82 Å². The highest BCUT2D eigenvalue weighted by Gasteiger charge is 2.13. The molecule has 1 aromatic carbocycles. The summed E-state index contributed by atoms with van der Waals surface area (Å²) >= 11 is 0. The van der Waals surface area contributed by atoms with E-state index in [4.69, 9.17) is 5.73 Å². The van der Waals surface area contributed by atoms with Crippen LogP contribution >= 0.6 is 0 Å². The summed E-state index contributed by atoms with van der Waals surface area (Å²) in [5.41, 5.74) is 6.79. The summed E-state index contributed by atoms with van der Waals surface area (Å²) in [6, 6.07) is 7.21. The fourth-order valence-electron chi connectivity index (χ4n) is 2.09. The van der Waals surface area contributed by atoms with Gasteiger partial charge in [-0.2, -0.15) is 0 Å². The number of carbonyl (C=O) groups is 2. The van der Waals surface area contributed by atoms with Gasteiger partial charge in [0.15, 0.2) is 0 Å². The number of aromatic nitrogens is 3. The number of nitrogens with two attached hydrogens (primary N) is 1. The first-order valence-electron chi connectivity index (χ1n) is 7.09. The predicted molar refractivity (Wildman–Crippen MR) is 81.5 cm³/mol. The molecule has 116 valence electrons. The van der Waals surface area contributed by atoms with Gasteiger partial charge in [0.05, 0.1) is 6.54 Å². The summed E-state index contributed by atoms with van der Waals surface area (Å²) in [6.07, 6.45) is 1.61. The molecule has 0 atom stereocenters. The molecule has 0 unspecified atom stereocenters. The van der Waals surface area contributed by atoms with Crippen molar-refractivity contribution >= 4 is 11.8 Å². The number of amides is 2. The summed E-state index contributed by atoms with van der Waals surface area (Å²) in [5.74, 6) is -0.00170. The molecule has 2 aromatic rings. The Balaban J connectivity index is 2.22. The highest BCUT2D eigenvalue weighted by Crippen LogP contribution is 2.09. The Morgan fingerprint density at radius 1 is 1.27 bits per heavy atom. The van der Waals surface area contributed by atoms with Crippen molar-refractivity contribution in [2.24, 2.45) is 5.73 Å². The van der Waals surface area contributed by atoms with Crippen molar-refractivity contribution < 1.29 is 9.59 Å². The van der Waals surface area contributed by atoms with Crippen molar-refractivity contribution in [3.05, 3.63) is 47.0 Å². The molecule has 2 rings (SSSR count). The maximum absolute atomic E-state index is 11.5. The normalized spacial score (nSPS) is 10.5. The van der Waals surface area contributed by atoms with Crippen molar-refractivity contribution in [3.8, 4) is 0 Å². The van der Waals surface area contributed by atoms with Gasteiger partial charge in [0, 0.05) is 19.0 Å². The number of hydrogen-bond donors (Lipinski definition) is 2. The largest absolute Gasteiger partial charge is 0.363 e. The van der Waals surface area contributed by atoms with Crippen molar-refractivity contribution in [2.45, 2.75) is 26.3 Å². The molecule has 0 aliphatic heterocycles. The standard InChI is InChI=1S/C15H19N5O2/c1-3-4-12-18-14(13(16)21)19-20(12)9-10-5-7-11(8-6-10)15(22)17-2/h5-8H,3-4,9H2,1-2H3,(H2,16,21)(H,17,22). The summed E-state index contributed by atoms with van der Waals surface area (Å²) in [6.45, 7) is 2.50. The van der Waals surface area contributed by atoms with E-state index in [2.05, 4.69) is 15.4 Å². The first-order chi connectivity index (χ1) is 10.5. The van der Waals surface area contributed by atoms with Gasteiger partial charge >= 0.3 is 0 Å². The van der Waals surface area contributed by atoms with Crippen molar-refractivity contribution in [2.75, 3.05) is 7.05 Å². The second-order valence-electron chi connectivity index (χ2n) is 4.90. The number of primary amides is 1. The van der Waals surface area contributed by atoms with Crippen molar-refractivity contribution in [3.63, 3.8) is 0 Å². The maximum Gasteiger partial charge on any atom is 0.288 e. The van der Waals surface area contributed by atoms with Crippen LogP contribution < -0.4 is 11.1 Å². The Hall–Kier alpha value is -2.70. The molecular weight excluding hydrogens is 282 g/mol. The van der Waals surface area contributed by atoms with Crippen LogP contribution in [0.5, 0.6) is 0 Å². The summed E-state index contributed by atoms with van der Waals surface area (Å²) in [5, 5.41) is 6.72. The van der Waals surface area contributed by atoms with Crippen LogP contribution in [0, 0.1) is 0 Å². The first-order valence-corrected chi connectivity index (χ1v) is 7.09. The first kappa shape index (κ1) is 15.7. The molecule has 2 amide bonds. The zero-order valence-electron chi connectivity index (χ0n) is 12.7. The van der Waals surface area contributed by atoms with Crippen LogP contribution in [0.15, 0.2) is 24.3 Å². The van der Waals surface area contributed by atoms with E-state index >= 15 is 0 Å². The van der Waals surface area contributed by atoms with Crippen LogP contribution in [-0.2, 0) is 13.0 Å². The number of carbonyl (C=O) groups excluding carboxylic acids is 2. The van der Waals surface area contributed by atoms with Crippen LogP contribution in [0.2, 0.25) is 0 Å². The zero-order valence-corrected chi connectivity index (χ0v) is 12.7. The number of benzene rings is 1. The van der Waals surface area contributed by atoms with Gasteiger partial charge in [-0.25, -0.2) is 9.67 Å². The minimum absolute atomic E-state index is 0.0328. The lowest BCUT2D eigenvalue weighted by atomic mass is 10.1.